The highest BCUT2D eigenvalue weighted by molar-refractivity contribution is 6.30. The summed E-state index contributed by atoms with van der Waals surface area (Å²) in [5.41, 5.74) is 4.71. The lowest BCUT2D eigenvalue weighted by atomic mass is 10.0. The first kappa shape index (κ1) is 13.2. The van der Waals surface area contributed by atoms with Crippen LogP contribution in [0, 0.1) is 12.3 Å². The van der Waals surface area contributed by atoms with Crippen molar-refractivity contribution in [1.82, 2.24) is 15.1 Å². The third-order valence-corrected chi connectivity index (χ3v) is 3.87. The molecule has 0 spiro atoms. The molecule has 0 aliphatic carbocycles. The van der Waals surface area contributed by atoms with E-state index in [2.05, 4.69) is 11.2 Å². The Morgan fingerprint density at radius 1 is 1.25 bits per heavy atom. The smallest absolute Gasteiger partial charge is 0.102 e. The Bertz CT molecular complexity index is 650. The summed E-state index contributed by atoms with van der Waals surface area (Å²) in [6.45, 7) is 2.48. The Kier molecular flexibility index (Phi) is 3.77. The predicted octanol–water partition coefficient (Wildman–Crippen LogP) is 2.52. The van der Waals surface area contributed by atoms with Gasteiger partial charge in [-0.15, -0.1) is 6.42 Å². The molecule has 0 unspecified atom stereocenters. The van der Waals surface area contributed by atoms with Crippen LogP contribution in [0.1, 0.15) is 11.3 Å². The monoisotopic (exact) mass is 285 g/mol. The molecule has 0 saturated carbocycles. The van der Waals surface area contributed by atoms with Crippen molar-refractivity contribution in [2.45, 2.75) is 19.4 Å². The van der Waals surface area contributed by atoms with Crippen LogP contribution in [0.5, 0.6) is 0 Å². The molecule has 102 valence electrons. The van der Waals surface area contributed by atoms with Crippen LogP contribution < -0.4 is 5.32 Å². The summed E-state index contributed by atoms with van der Waals surface area (Å²) in [6, 6.07) is 7.84. The van der Waals surface area contributed by atoms with Gasteiger partial charge >= 0.3 is 0 Å². The molecule has 0 radical (unpaired) electrons. The van der Waals surface area contributed by atoms with E-state index < -0.39 is 0 Å². The fourth-order valence-corrected chi connectivity index (χ4v) is 2.80. The second kappa shape index (κ2) is 5.70. The van der Waals surface area contributed by atoms with Gasteiger partial charge in [0.2, 0.25) is 0 Å². The van der Waals surface area contributed by atoms with Crippen molar-refractivity contribution in [2.75, 3.05) is 13.1 Å². The molecule has 1 N–H and O–H groups in total. The summed E-state index contributed by atoms with van der Waals surface area (Å²) in [7, 11) is 0. The van der Waals surface area contributed by atoms with Crippen LogP contribution in [0.3, 0.4) is 0 Å². The molecule has 0 atom stereocenters. The summed E-state index contributed by atoms with van der Waals surface area (Å²) in [5.74, 6) is 2.69. The Morgan fingerprint density at radius 2 is 2.00 bits per heavy atom. The molecule has 3 rings (SSSR count). The SMILES string of the molecule is C#CCn1nc(-c2ccc(Cl)cc2)c2c1CCNCC2. The molecule has 0 fully saturated rings. The van der Waals surface area contributed by atoms with E-state index in [1.807, 2.05) is 28.9 Å². The van der Waals surface area contributed by atoms with Gasteiger partial charge in [0.25, 0.3) is 0 Å². The average molecular weight is 286 g/mol. The lowest BCUT2D eigenvalue weighted by Gasteiger charge is -2.02. The molecule has 1 aromatic heterocycles. The van der Waals surface area contributed by atoms with Gasteiger partial charge in [0.15, 0.2) is 0 Å². The zero-order valence-corrected chi connectivity index (χ0v) is 12.0. The van der Waals surface area contributed by atoms with Crippen molar-refractivity contribution < 1.29 is 0 Å². The summed E-state index contributed by atoms with van der Waals surface area (Å²) in [6.07, 6.45) is 7.41. The summed E-state index contributed by atoms with van der Waals surface area (Å²) in [4.78, 5) is 0. The van der Waals surface area contributed by atoms with Crippen molar-refractivity contribution in [1.29, 1.82) is 0 Å². The number of nitrogens with one attached hydrogen (secondary N) is 1. The van der Waals surface area contributed by atoms with Crippen LogP contribution in [0.4, 0.5) is 0 Å². The van der Waals surface area contributed by atoms with E-state index in [4.69, 9.17) is 23.1 Å². The van der Waals surface area contributed by atoms with Crippen LogP contribution in [0.2, 0.25) is 5.02 Å². The Morgan fingerprint density at radius 3 is 2.75 bits per heavy atom. The Hall–Kier alpha value is -1.76. The van der Waals surface area contributed by atoms with Gasteiger partial charge < -0.3 is 5.32 Å². The summed E-state index contributed by atoms with van der Waals surface area (Å²) >= 11 is 5.96. The van der Waals surface area contributed by atoms with Crippen molar-refractivity contribution in [2.24, 2.45) is 0 Å². The van der Waals surface area contributed by atoms with Crippen molar-refractivity contribution in [3.63, 3.8) is 0 Å². The zero-order chi connectivity index (χ0) is 13.9. The van der Waals surface area contributed by atoms with Gasteiger partial charge in [-0.05, 0) is 25.1 Å². The first-order valence-corrected chi connectivity index (χ1v) is 7.16. The minimum Gasteiger partial charge on any atom is -0.316 e. The van der Waals surface area contributed by atoms with E-state index >= 15 is 0 Å². The van der Waals surface area contributed by atoms with Gasteiger partial charge in [0.05, 0.1) is 5.69 Å². The van der Waals surface area contributed by atoms with Gasteiger partial charge in [-0.1, -0.05) is 29.7 Å². The molecule has 4 heteroatoms. The van der Waals surface area contributed by atoms with Crippen LogP contribution in [0.25, 0.3) is 11.3 Å². The maximum atomic E-state index is 5.96. The van der Waals surface area contributed by atoms with Gasteiger partial charge in [-0.2, -0.15) is 5.10 Å². The van der Waals surface area contributed by atoms with Crippen LogP contribution in [0.15, 0.2) is 24.3 Å². The third-order valence-electron chi connectivity index (χ3n) is 3.62. The molecule has 1 aliphatic heterocycles. The van der Waals surface area contributed by atoms with E-state index in [0.717, 1.165) is 42.2 Å². The number of terminal acetylenes is 1. The average Bonchev–Trinajstić information content (AvgIpc) is 2.64. The minimum absolute atomic E-state index is 0.524. The largest absolute Gasteiger partial charge is 0.316 e. The van der Waals surface area contributed by atoms with E-state index in [1.165, 1.54) is 11.3 Å². The van der Waals surface area contributed by atoms with E-state index in [-0.39, 0.29) is 0 Å². The second-order valence-electron chi connectivity index (χ2n) is 4.89. The maximum absolute atomic E-state index is 5.96. The van der Waals surface area contributed by atoms with Crippen molar-refractivity contribution in [3.8, 4) is 23.6 Å². The number of nitrogens with zero attached hydrogens (tertiary/aromatic N) is 2. The number of hydrogen-bond donors (Lipinski definition) is 1. The molecular formula is C16H16ClN3. The maximum Gasteiger partial charge on any atom is 0.102 e. The number of fused-ring (bicyclic) bond motifs is 1. The summed E-state index contributed by atoms with van der Waals surface area (Å²) < 4.78 is 1.96. The summed E-state index contributed by atoms with van der Waals surface area (Å²) in [5, 5.41) is 8.89. The molecule has 0 bridgehead atoms. The highest BCUT2D eigenvalue weighted by Gasteiger charge is 2.20. The van der Waals surface area contributed by atoms with E-state index in [0.29, 0.717) is 6.54 Å². The molecule has 2 heterocycles. The number of hydrogen-bond acceptors (Lipinski definition) is 2. The van der Waals surface area contributed by atoms with Crippen LogP contribution in [-0.4, -0.2) is 22.9 Å². The van der Waals surface area contributed by atoms with Gasteiger partial charge in [-0.25, -0.2) is 0 Å². The molecule has 1 aromatic carbocycles. The fourth-order valence-electron chi connectivity index (χ4n) is 2.68. The molecule has 1 aliphatic rings. The molecule has 3 nitrogen and oxygen atoms in total. The number of aromatic nitrogens is 2. The first-order valence-electron chi connectivity index (χ1n) is 6.78. The molecular weight excluding hydrogens is 270 g/mol. The normalized spacial score (nSPS) is 14.4. The molecule has 0 amide bonds. The Balaban J connectivity index is 2.10. The minimum atomic E-state index is 0.524. The number of rotatable bonds is 2. The predicted molar refractivity (Wildman–Crippen MR) is 81.8 cm³/mol. The number of benzene rings is 1. The lowest BCUT2D eigenvalue weighted by Crippen LogP contribution is -2.17. The van der Waals surface area contributed by atoms with Crippen molar-refractivity contribution >= 4 is 11.6 Å². The number of halogens is 1. The van der Waals surface area contributed by atoms with E-state index in [1.54, 1.807) is 0 Å². The second-order valence-corrected chi connectivity index (χ2v) is 5.33. The topological polar surface area (TPSA) is 29.9 Å². The molecule has 2 aromatic rings. The molecule has 20 heavy (non-hydrogen) atoms. The zero-order valence-electron chi connectivity index (χ0n) is 11.2. The van der Waals surface area contributed by atoms with Gasteiger partial charge in [0.1, 0.15) is 6.54 Å². The quantitative estimate of drug-likeness (QED) is 0.860. The van der Waals surface area contributed by atoms with Gasteiger partial charge in [-0.3, -0.25) is 4.68 Å². The van der Waals surface area contributed by atoms with Gasteiger partial charge in [0, 0.05) is 34.8 Å². The van der Waals surface area contributed by atoms with E-state index in [9.17, 15) is 0 Å². The first-order chi connectivity index (χ1) is 9.79. The highest BCUT2D eigenvalue weighted by Crippen LogP contribution is 2.28. The lowest BCUT2D eigenvalue weighted by molar-refractivity contribution is 0.644. The third kappa shape index (κ3) is 2.45. The highest BCUT2D eigenvalue weighted by atomic mass is 35.5. The van der Waals surface area contributed by atoms with Crippen molar-refractivity contribution in [3.05, 3.63) is 40.5 Å². The Labute approximate surface area is 123 Å². The fraction of sp³-hybridized carbons (Fsp3) is 0.312. The molecule has 0 saturated heterocycles. The van der Waals surface area contributed by atoms with Crippen LogP contribution in [-0.2, 0) is 19.4 Å². The van der Waals surface area contributed by atoms with Crippen LogP contribution >= 0.6 is 11.6 Å². The standard InChI is InChI=1S/C16H16ClN3/c1-2-11-20-15-8-10-18-9-7-14(15)16(19-20)12-3-5-13(17)6-4-12/h1,3-6,18H,7-11H2.